The van der Waals surface area contributed by atoms with E-state index in [9.17, 15) is 10.2 Å². The van der Waals surface area contributed by atoms with Crippen molar-refractivity contribution in [1.29, 1.82) is 0 Å². The Morgan fingerprint density at radius 3 is 1.23 bits per heavy atom. The summed E-state index contributed by atoms with van der Waals surface area (Å²) in [5.74, 6) is 0.0442. The Labute approximate surface area is 228 Å². The van der Waals surface area contributed by atoms with Gasteiger partial charge in [-0.1, -0.05) is 84.9 Å². The Balaban J connectivity index is 0.000000138. The Morgan fingerprint density at radius 1 is 0.359 bits per heavy atom. The Kier molecular flexibility index (Phi) is 6.03. The number of benzene rings is 6. The van der Waals surface area contributed by atoms with Crippen LogP contribution in [0.25, 0.3) is 65.2 Å². The molecule has 0 atom stereocenters. The van der Waals surface area contributed by atoms with Crippen molar-refractivity contribution in [3.05, 3.63) is 121 Å². The van der Waals surface area contributed by atoms with E-state index < -0.39 is 0 Å². The van der Waals surface area contributed by atoms with Crippen LogP contribution in [-0.4, -0.2) is 20.1 Å². The predicted octanol–water partition coefficient (Wildman–Crippen LogP) is 6.85. The molecule has 0 saturated carbocycles. The van der Waals surface area contributed by atoms with Gasteiger partial charge < -0.3 is 10.2 Å². The van der Waals surface area contributed by atoms with Crippen LogP contribution in [0.5, 0.6) is 11.5 Å². The number of pyridine rings is 2. The van der Waals surface area contributed by atoms with Gasteiger partial charge in [-0.3, -0.25) is 0 Å². The second-order valence-corrected chi connectivity index (χ2v) is 9.39. The van der Waals surface area contributed by atoms with Crippen LogP contribution < -0.4 is 10.2 Å². The van der Waals surface area contributed by atoms with Crippen molar-refractivity contribution < 1.29 is 10.2 Å². The van der Waals surface area contributed by atoms with Gasteiger partial charge in [0.1, 0.15) is 0 Å². The zero-order chi connectivity index (χ0) is 25.6. The molecule has 0 fully saturated rings. The summed E-state index contributed by atoms with van der Waals surface area (Å²) in [6, 6.07) is 38.8. The minimum Gasteiger partial charge on any atom is -0.872 e. The van der Waals surface area contributed by atoms with Gasteiger partial charge in [0.25, 0.3) is 0 Å². The van der Waals surface area contributed by atoms with Gasteiger partial charge in [-0.15, -0.1) is 11.5 Å². The fraction of sp³-hybridized carbons (Fsp3) is 0. The maximum absolute atomic E-state index is 11.5. The van der Waals surface area contributed by atoms with E-state index >= 15 is 0 Å². The van der Waals surface area contributed by atoms with Crippen molar-refractivity contribution in [1.82, 2.24) is 9.97 Å². The molecule has 5 heteroatoms. The Morgan fingerprint density at radius 2 is 0.769 bits per heavy atom. The van der Waals surface area contributed by atoms with Crippen LogP contribution in [0.2, 0.25) is 0 Å². The maximum atomic E-state index is 11.5. The molecule has 0 aliphatic carbocycles. The molecule has 2 heterocycles. The van der Waals surface area contributed by atoms with Crippen LogP contribution in [0, 0.1) is 0 Å². The number of rotatable bonds is 0. The molecule has 8 aromatic rings. The average Bonchev–Trinajstić information content (AvgIpc) is 2.95. The quantitative estimate of drug-likeness (QED) is 0.131. The van der Waals surface area contributed by atoms with Gasteiger partial charge in [0.15, 0.2) is 0 Å². The molecule has 6 aromatic carbocycles. The molecule has 0 unspecified atom stereocenters. The smallest absolute Gasteiger partial charge is 0.872 e. The standard InChI is InChI=1S/2C17H11NO.Be/c2*19-13-6-8-16-12(9-13)10-15-14-4-2-1-3-11(14)5-7-17(15)18-16;/h2*1-10,19H;/q;;+2/p-2. The van der Waals surface area contributed by atoms with E-state index in [-0.39, 0.29) is 21.6 Å². The van der Waals surface area contributed by atoms with Crippen molar-refractivity contribution in [3.8, 4) is 11.5 Å². The maximum Gasteiger partial charge on any atom is 2.00 e. The third-order valence-corrected chi connectivity index (χ3v) is 6.97. The Bertz CT molecular complexity index is 2020. The average molecular weight is 498 g/mol. The van der Waals surface area contributed by atoms with Gasteiger partial charge >= 0.3 is 10.1 Å². The normalized spacial score (nSPS) is 11.1. The summed E-state index contributed by atoms with van der Waals surface area (Å²) >= 11 is 0. The second-order valence-electron chi connectivity index (χ2n) is 9.39. The zero-order valence-electron chi connectivity index (χ0n) is 21.0. The third kappa shape index (κ3) is 4.37. The largest absolute Gasteiger partial charge is 2.00 e. The molecule has 39 heavy (non-hydrogen) atoms. The molecular weight excluding hydrogens is 477 g/mol. The third-order valence-electron chi connectivity index (χ3n) is 6.97. The molecule has 0 aliphatic rings. The molecule has 2 aromatic heterocycles. The van der Waals surface area contributed by atoms with Gasteiger partial charge in [-0.05, 0) is 57.9 Å². The van der Waals surface area contributed by atoms with Crippen LogP contribution in [-0.2, 0) is 0 Å². The van der Waals surface area contributed by atoms with Gasteiger partial charge in [-0.2, -0.15) is 0 Å². The van der Waals surface area contributed by atoms with Gasteiger partial charge in [0.2, 0.25) is 0 Å². The first-order chi connectivity index (χ1) is 18.6. The van der Waals surface area contributed by atoms with E-state index in [1.807, 2.05) is 36.4 Å². The second kappa shape index (κ2) is 9.68. The Hall–Kier alpha value is -5.05. The molecule has 0 spiro atoms. The summed E-state index contributed by atoms with van der Waals surface area (Å²) in [4.78, 5) is 9.26. The van der Waals surface area contributed by atoms with E-state index in [1.165, 1.54) is 21.5 Å². The van der Waals surface area contributed by atoms with E-state index in [1.54, 1.807) is 36.4 Å². The monoisotopic (exact) mass is 497 g/mol. The summed E-state index contributed by atoms with van der Waals surface area (Å²) in [7, 11) is 0. The molecule has 0 bridgehead atoms. The minimum atomic E-state index is 0. The van der Waals surface area contributed by atoms with Crippen molar-refractivity contribution in [2.45, 2.75) is 0 Å². The number of nitrogens with zero attached hydrogens (tertiary/aromatic N) is 2. The number of hydrogen-bond donors (Lipinski definition) is 0. The molecule has 4 nitrogen and oxygen atoms in total. The van der Waals surface area contributed by atoms with Crippen molar-refractivity contribution in [2.75, 3.05) is 0 Å². The molecule has 0 amide bonds. The van der Waals surface area contributed by atoms with Crippen LogP contribution >= 0.6 is 0 Å². The molecule has 8 rings (SSSR count). The zero-order valence-corrected chi connectivity index (χ0v) is 21.0. The van der Waals surface area contributed by atoms with Gasteiger partial charge in [0.05, 0.1) is 22.1 Å². The molecule has 0 radical (unpaired) electrons. The van der Waals surface area contributed by atoms with E-state index in [2.05, 4.69) is 58.5 Å². The predicted molar refractivity (Wildman–Crippen MR) is 158 cm³/mol. The molecule has 0 N–H and O–H groups in total. The van der Waals surface area contributed by atoms with Gasteiger partial charge in [-0.25, -0.2) is 9.97 Å². The molecule has 180 valence electrons. The van der Waals surface area contributed by atoms with Crippen molar-refractivity contribution in [3.63, 3.8) is 0 Å². The first-order valence-corrected chi connectivity index (χ1v) is 12.4. The number of fused-ring (bicyclic) bond motifs is 8. The first kappa shape index (κ1) is 24.3. The minimum absolute atomic E-state index is 0. The first-order valence-electron chi connectivity index (χ1n) is 12.4. The molecular formula is C34H20BeN2O2. The summed E-state index contributed by atoms with van der Waals surface area (Å²) in [5, 5.41) is 31.6. The van der Waals surface area contributed by atoms with Gasteiger partial charge in [0, 0.05) is 21.5 Å². The number of aromatic nitrogens is 2. The van der Waals surface area contributed by atoms with E-state index in [0.29, 0.717) is 0 Å². The van der Waals surface area contributed by atoms with Crippen LogP contribution in [0.4, 0.5) is 0 Å². The van der Waals surface area contributed by atoms with Crippen molar-refractivity contribution in [2.24, 2.45) is 0 Å². The molecule has 0 aliphatic heterocycles. The van der Waals surface area contributed by atoms with Crippen LogP contribution in [0.15, 0.2) is 121 Å². The SMILES string of the molecule is [Be+2].[O-]c1ccc2nc3ccc4ccccc4c3cc2c1.[O-]c1ccc2nc3ccc4ccccc4c3cc2c1. The number of hydrogen-bond acceptors (Lipinski definition) is 4. The van der Waals surface area contributed by atoms with Crippen LogP contribution in [0.1, 0.15) is 0 Å². The topological polar surface area (TPSA) is 71.9 Å². The fourth-order valence-corrected chi connectivity index (χ4v) is 5.14. The molecule has 0 saturated heterocycles. The summed E-state index contributed by atoms with van der Waals surface area (Å²) < 4.78 is 0. The van der Waals surface area contributed by atoms with E-state index in [0.717, 1.165) is 43.6 Å². The van der Waals surface area contributed by atoms with Crippen LogP contribution in [0.3, 0.4) is 0 Å². The summed E-state index contributed by atoms with van der Waals surface area (Å²) in [6.45, 7) is 0. The van der Waals surface area contributed by atoms with E-state index in [4.69, 9.17) is 0 Å². The summed E-state index contributed by atoms with van der Waals surface area (Å²) in [6.07, 6.45) is 0. The van der Waals surface area contributed by atoms with Crippen molar-refractivity contribution >= 4 is 75.3 Å². The summed E-state index contributed by atoms with van der Waals surface area (Å²) in [5.41, 5.74) is 3.65. The fourth-order valence-electron chi connectivity index (χ4n) is 5.14.